The Kier molecular flexibility index (Phi) is 23.8. The van der Waals surface area contributed by atoms with Crippen LogP contribution in [-0.4, -0.2) is 68.7 Å². The fraction of sp³-hybridized carbons (Fsp3) is 0.474. The molecule has 6 aromatic rings. The minimum atomic E-state index is -0.836. The monoisotopic (exact) mass is 1040 g/mol. The van der Waals surface area contributed by atoms with Crippen molar-refractivity contribution in [2.45, 2.75) is 139 Å². The molecule has 6 N–H and O–H groups in total. The highest BCUT2D eigenvalue weighted by atomic mass is 79.9. The summed E-state index contributed by atoms with van der Waals surface area (Å²) in [4.78, 5) is 53.8. The fourth-order valence-corrected chi connectivity index (χ4v) is 9.09. The number of ether oxygens (including phenoxy) is 2. The number of pyridine rings is 3. The third kappa shape index (κ3) is 19.8. The topological polar surface area (TPSA) is 207 Å². The van der Waals surface area contributed by atoms with Gasteiger partial charge in [-0.1, -0.05) is 78.4 Å². The summed E-state index contributed by atoms with van der Waals surface area (Å²) >= 11 is 3.36. The van der Waals surface area contributed by atoms with Crippen LogP contribution in [0.4, 0.5) is 0 Å². The zero-order valence-corrected chi connectivity index (χ0v) is 42.5. The number of aliphatic carboxylic acids is 2. The lowest BCUT2D eigenvalue weighted by Crippen LogP contribution is -2.30. The number of aromatic amines is 1. The summed E-state index contributed by atoms with van der Waals surface area (Å²) in [5, 5.41) is 22.7. The van der Waals surface area contributed by atoms with E-state index in [1.807, 2.05) is 60.7 Å². The molecular weight excluding hydrogens is 963 g/mol. The molecule has 0 unspecified atom stereocenters. The van der Waals surface area contributed by atoms with Crippen LogP contribution >= 0.6 is 15.9 Å². The van der Waals surface area contributed by atoms with Crippen molar-refractivity contribution in [1.82, 2.24) is 20.3 Å². The summed E-state index contributed by atoms with van der Waals surface area (Å²) in [5.41, 5.74) is 10.0. The Balaban J connectivity index is 0.000000277. The number of aromatic nitrogens is 3. The van der Waals surface area contributed by atoms with Gasteiger partial charge in [-0.05, 0) is 152 Å². The number of benzene rings is 3. The molecule has 386 valence electrons. The largest absolute Gasteiger partial charge is 0.481 e. The van der Waals surface area contributed by atoms with Crippen LogP contribution in [0.25, 0.3) is 32.7 Å². The standard InChI is InChI=1S/C23H32N2O3.C20H25NO2.C9H6BrNO.C3H7NO2.2CH4/c1-23(2,3)18-6-8-19(9-7-18)28-21-11-5-17-14-16(4-10-20(17)25-21)15-24-13-12-22(26)27;1-20(2,3)16-6-8-17(9-7-16)23-19-11-5-15-12-14(13-22)4-10-18(15)21-19;10-7-2-3-8-6(5-7)1-4-9(12)11-8;4-2-1-3(5)6;;/h4-5,10-11,14,18-19,24H,6-9,12-13,15H2,1-3H3,(H,26,27);4-5,10-13,16-17H,6-9H2,1-3H3;1-5H,(H,11,12);1-2,4H2,(H,5,6);2*1H4. The molecule has 3 aromatic heterocycles. The molecule has 2 aliphatic rings. The van der Waals surface area contributed by atoms with Crippen molar-refractivity contribution in [2.75, 3.05) is 13.1 Å². The summed E-state index contributed by atoms with van der Waals surface area (Å²) < 4.78 is 13.3. The summed E-state index contributed by atoms with van der Waals surface area (Å²) in [6.45, 7) is 15.3. The zero-order chi connectivity index (χ0) is 50.1. The van der Waals surface area contributed by atoms with Crippen molar-refractivity contribution < 1.29 is 34.1 Å². The molecule has 0 bridgehead atoms. The van der Waals surface area contributed by atoms with Crippen LogP contribution in [0.15, 0.2) is 100 Å². The second-order valence-electron chi connectivity index (χ2n) is 20.1. The van der Waals surface area contributed by atoms with E-state index in [9.17, 15) is 19.2 Å². The van der Waals surface area contributed by atoms with Gasteiger partial charge in [-0.2, -0.15) is 0 Å². The maximum Gasteiger partial charge on any atom is 0.304 e. The molecule has 13 nitrogen and oxygen atoms in total. The van der Waals surface area contributed by atoms with E-state index in [-0.39, 0.29) is 52.0 Å². The van der Waals surface area contributed by atoms with Gasteiger partial charge in [-0.15, -0.1) is 0 Å². The van der Waals surface area contributed by atoms with Gasteiger partial charge in [0.15, 0.2) is 0 Å². The highest BCUT2D eigenvalue weighted by molar-refractivity contribution is 9.10. The van der Waals surface area contributed by atoms with Crippen LogP contribution in [0.2, 0.25) is 0 Å². The smallest absolute Gasteiger partial charge is 0.304 e. The van der Waals surface area contributed by atoms with E-state index in [4.69, 9.17) is 25.4 Å². The number of carboxylic acids is 2. The molecule has 8 rings (SSSR count). The molecule has 71 heavy (non-hydrogen) atoms. The van der Waals surface area contributed by atoms with Gasteiger partial charge in [-0.25, -0.2) is 9.97 Å². The molecule has 0 spiro atoms. The Labute approximate surface area is 428 Å². The first-order chi connectivity index (χ1) is 32.8. The van der Waals surface area contributed by atoms with Gasteiger partial charge < -0.3 is 35.7 Å². The number of carbonyl (C=O) groups is 3. The number of hydrogen-bond donors (Lipinski definition) is 5. The number of nitrogens with two attached hydrogens (primary N) is 1. The van der Waals surface area contributed by atoms with Crippen molar-refractivity contribution in [2.24, 2.45) is 28.4 Å². The van der Waals surface area contributed by atoms with Gasteiger partial charge in [0.1, 0.15) is 18.5 Å². The quantitative estimate of drug-likeness (QED) is 0.0573. The maximum atomic E-state index is 10.9. The molecule has 0 atom stereocenters. The number of nitrogens with zero attached hydrogens (tertiary/aromatic N) is 2. The maximum absolute atomic E-state index is 10.9. The van der Waals surface area contributed by atoms with Crippen LogP contribution in [0, 0.1) is 22.7 Å². The van der Waals surface area contributed by atoms with Crippen molar-refractivity contribution in [1.29, 1.82) is 0 Å². The summed E-state index contributed by atoms with van der Waals surface area (Å²) in [5.74, 6) is 1.34. The minimum absolute atomic E-state index is 0. The second-order valence-corrected chi connectivity index (χ2v) is 21.0. The summed E-state index contributed by atoms with van der Waals surface area (Å²) in [6, 6.07) is 28.6. The molecule has 0 radical (unpaired) electrons. The number of carboxylic acid groups (broad SMARTS) is 2. The predicted octanol–water partition coefficient (Wildman–Crippen LogP) is 12.8. The van der Waals surface area contributed by atoms with E-state index in [2.05, 4.69) is 89.9 Å². The molecular formula is C57H78BrN5O8. The molecule has 14 heteroatoms. The lowest BCUT2D eigenvalue weighted by Gasteiger charge is -2.36. The Hall–Kier alpha value is -5.70. The Morgan fingerprint density at radius 2 is 1.20 bits per heavy atom. The number of nitrogens with one attached hydrogen (secondary N) is 2. The third-order valence-corrected chi connectivity index (χ3v) is 13.3. The summed E-state index contributed by atoms with van der Waals surface area (Å²) in [7, 11) is 0. The fourth-order valence-electron chi connectivity index (χ4n) is 8.71. The average molecular weight is 1040 g/mol. The number of carbonyl (C=O) groups excluding carboxylic acids is 1. The average Bonchev–Trinajstić information content (AvgIpc) is 3.30. The summed E-state index contributed by atoms with van der Waals surface area (Å²) in [6.07, 6.45) is 10.9. The normalized spacial score (nSPS) is 17.6. The van der Waals surface area contributed by atoms with Gasteiger partial charge in [0, 0.05) is 64.2 Å². The third-order valence-electron chi connectivity index (χ3n) is 12.8. The SMILES string of the molecule is C.C.CC(C)(C)C1CCC(Oc2ccc3cc(C=O)ccc3n2)CC1.CC(C)(C)C1CCC(Oc2ccc3cc(CNCCC(=O)O)ccc3n2)CC1.NCCC(=O)O.O=c1ccc2cc(Br)ccc2[nH]1. The minimum Gasteiger partial charge on any atom is -0.481 e. The first-order valence-electron chi connectivity index (χ1n) is 24.0. The van der Waals surface area contributed by atoms with Crippen molar-refractivity contribution in [3.8, 4) is 11.8 Å². The van der Waals surface area contributed by atoms with Crippen LogP contribution in [0.5, 0.6) is 11.8 Å². The molecule has 2 fully saturated rings. The zero-order valence-electron chi connectivity index (χ0n) is 40.9. The van der Waals surface area contributed by atoms with E-state index in [1.54, 1.807) is 12.1 Å². The molecule has 3 heterocycles. The van der Waals surface area contributed by atoms with Crippen molar-refractivity contribution >= 4 is 66.9 Å². The van der Waals surface area contributed by atoms with Gasteiger partial charge in [0.25, 0.3) is 0 Å². The highest BCUT2D eigenvalue weighted by Gasteiger charge is 2.31. The molecule has 2 aliphatic carbocycles. The Morgan fingerprint density at radius 3 is 1.68 bits per heavy atom. The number of fused-ring (bicyclic) bond motifs is 3. The van der Waals surface area contributed by atoms with E-state index in [1.165, 1.54) is 31.7 Å². The highest BCUT2D eigenvalue weighted by Crippen LogP contribution is 2.40. The molecule has 0 amide bonds. The van der Waals surface area contributed by atoms with Gasteiger partial charge >= 0.3 is 11.9 Å². The van der Waals surface area contributed by atoms with Gasteiger partial charge in [0.05, 0.1) is 23.9 Å². The molecule has 3 aromatic carbocycles. The first-order valence-corrected chi connectivity index (χ1v) is 24.8. The van der Waals surface area contributed by atoms with Crippen LogP contribution in [-0.2, 0) is 16.1 Å². The predicted molar refractivity (Wildman–Crippen MR) is 292 cm³/mol. The van der Waals surface area contributed by atoms with E-state index < -0.39 is 11.9 Å². The van der Waals surface area contributed by atoms with Gasteiger partial charge in [0.2, 0.25) is 17.3 Å². The van der Waals surface area contributed by atoms with Crippen molar-refractivity contribution in [3.63, 3.8) is 0 Å². The Morgan fingerprint density at radius 1 is 0.690 bits per heavy atom. The molecule has 0 saturated heterocycles. The number of aldehydes is 1. The molecule has 0 aliphatic heterocycles. The van der Waals surface area contributed by atoms with Crippen molar-refractivity contribution in [3.05, 3.63) is 117 Å². The lowest BCUT2D eigenvalue weighted by atomic mass is 9.72. The van der Waals surface area contributed by atoms with Crippen LogP contribution in [0.3, 0.4) is 0 Å². The number of rotatable bonds is 12. The lowest BCUT2D eigenvalue weighted by molar-refractivity contribution is -0.137. The van der Waals surface area contributed by atoms with Gasteiger partial charge in [-0.3, -0.25) is 19.2 Å². The van der Waals surface area contributed by atoms with E-state index >= 15 is 0 Å². The Bertz CT molecular complexity index is 2680. The molecule has 2 saturated carbocycles. The van der Waals surface area contributed by atoms with E-state index in [0.717, 1.165) is 86.6 Å². The first kappa shape index (κ1) is 59.6. The number of hydrogen-bond acceptors (Lipinski definition) is 10. The number of H-pyrrole nitrogens is 1. The second kappa shape index (κ2) is 28.4. The van der Waals surface area contributed by atoms with E-state index in [0.29, 0.717) is 41.2 Å². The van der Waals surface area contributed by atoms with Crippen LogP contribution < -0.4 is 26.1 Å². The van der Waals surface area contributed by atoms with Crippen LogP contribution in [0.1, 0.15) is 137 Å². The number of halogens is 1.